The zero-order valence-corrected chi connectivity index (χ0v) is 11.1. The second kappa shape index (κ2) is 5.42. The maximum absolute atomic E-state index is 10.4. The van der Waals surface area contributed by atoms with Gasteiger partial charge in [0, 0.05) is 29.5 Å². The third-order valence-electron chi connectivity index (χ3n) is 2.82. The first-order valence-electron chi connectivity index (χ1n) is 5.70. The topological polar surface area (TPSA) is 47.3 Å². The molecule has 1 atom stereocenters. The smallest absolute Gasteiger partial charge is 0.142 e. The molecule has 0 spiro atoms. The van der Waals surface area contributed by atoms with E-state index in [1.54, 1.807) is 31.5 Å². The number of methoxy groups -OCH3 is 1. The molecule has 0 bridgehead atoms. The molecule has 5 heteroatoms. The Labute approximate surface area is 111 Å². The van der Waals surface area contributed by atoms with Crippen molar-refractivity contribution in [2.45, 2.75) is 19.6 Å². The van der Waals surface area contributed by atoms with Gasteiger partial charge in [0.25, 0.3) is 0 Å². The summed E-state index contributed by atoms with van der Waals surface area (Å²) in [5, 5.41) is 11.0. The molecule has 0 saturated heterocycles. The fraction of sp³-hybridized carbons (Fsp3) is 0.308. The normalized spacial score (nSPS) is 12.4. The lowest BCUT2D eigenvalue weighted by Gasteiger charge is -2.15. The summed E-state index contributed by atoms with van der Waals surface area (Å²) in [6.07, 6.45) is 2.68. The second-order valence-corrected chi connectivity index (χ2v) is 4.30. The summed E-state index contributed by atoms with van der Waals surface area (Å²) >= 11 is 5.90. The van der Waals surface area contributed by atoms with Crippen LogP contribution < -0.4 is 4.74 Å². The monoisotopic (exact) mass is 266 g/mol. The quantitative estimate of drug-likeness (QED) is 0.925. The van der Waals surface area contributed by atoms with E-state index in [0.29, 0.717) is 22.2 Å². The highest BCUT2D eigenvalue weighted by Crippen LogP contribution is 2.31. The summed E-state index contributed by atoms with van der Waals surface area (Å²) in [7, 11) is 1.55. The van der Waals surface area contributed by atoms with Crippen LogP contribution in [0.25, 0.3) is 0 Å². The zero-order valence-electron chi connectivity index (χ0n) is 10.3. The first-order chi connectivity index (χ1) is 8.67. The molecular weight excluding hydrogens is 252 g/mol. The molecule has 1 aromatic carbocycles. The van der Waals surface area contributed by atoms with E-state index < -0.39 is 6.10 Å². The molecule has 0 radical (unpaired) electrons. The minimum atomic E-state index is -0.827. The third-order valence-corrected chi connectivity index (χ3v) is 3.06. The number of ether oxygens (including phenoxy) is 1. The van der Waals surface area contributed by atoms with E-state index in [1.165, 1.54) is 0 Å². The van der Waals surface area contributed by atoms with Crippen LogP contribution >= 0.6 is 11.6 Å². The molecule has 1 N–H and O–H groups in total. The number of aromatic nitrogens is 2. The second-order valence-electron chi connectivity index (χ2n) is 3.86. The van der Waals surface area contributed by atoms with Crippen LogP contribution in [0.5, 0.6) is 5.75 Å². The van der Waals surface area contributed by atoms with Gasteiger partial charge < -0.3 is 14.4 Å². The number of nitrogens with zero attached hydrogens (tertiary/aromatic N) is 2. The van der Waals surface area contributed by atoms with E-state index in [2.05, 4.69) is 4.98 Å². The Bertz CT molecular complexity index is 540. The molecule has 0 aliphatic rings. The Hall–Kier alpha value is -1.52. The van der Waals surface area contributed by atoms with Crippen LogP contribution in [0.2, 0.25) is 5.02 Å². The molecule has 18 heavy (non-hydrogen) atoms. The first kappa shape index (κ1) is 12.9. The molecular formula is C13H15ClN2O2. The van der Waals surface area contributed by atoms with E-state index in [4.69, 9.17) is 16.3 Å². The highest BCUT2D eigenvalue weighted by atomic mass is 35.5. The minimum absolute atomic E-state index is 0.556. The average Bonchev–Trinajstić information content (AvgIpc) is 2.86. The van der Waals surface area contributed by atoms with Gasteiger partial charge in [0.05, 0.1) is 7.11 Å². The summed E-state index contributed by atoms with van der Waals surface area (Å²) in [5.74, 6) is 1.15. The van der Waals surface area contributed by atoms with Gasteiger partial charge in [0.15, 0.2) is 0 Å². The van der Waals surface area contributed by atoms with Crippen molar-refractivity contribution in [2.24, 2.45) is 0 Å². The standard InChI is InChI=1S/C13H15ClN2O2/c1-3-16-7-6-15-13(16)12(17)10-5-4-9(14)8-11(10)18-2/h4-8,12,17H,3H2,1-2H3. The Kier molecular flexibility index (Phi) is 3.89. The van der Waals surface area contributed by atoms with Crippen LogP contribution in [0.15, 0.2) is 30.6 Å². The predicted octanol–water partition coefficient (Wildman–Crippen LogP) is 2.65. The van der Waals surface area contributed by atoms with Crippen molar-refractivity contribution in [3.8, 4) is 5.75 Å². The molecule has 0 aliphatic heterocycles. The van der Waals surface area contributed by atoms with Crippen LogP contribution in [0.3, 0.4) is 0 Å². The molecule has 4 nitrogen and oxygen atoms in total. The van der Waals surface area contributed by atoms with Crippen LogP contribution in [0.4, 0.5) is 0 Å². The number of hydrogen-bond donors (Lipinski definition) is 1. The SMILES string of the molecule is CCn1ccnc1C(O)c1ccc(Cl)cc1OC. The van der Waals surface area contributed by atoms with Gasteiger partial charge in [-0.15, -0.1) is 0 Å². The van der Waals surface area contributed by atoms with Crippen molar-refractivity contribution in [1.29, 1.82) is 0 Å². The van der Waals surface area contributed by atoms with Gasteiger partial charge in [-0.1, -0.05) is 17.7 Å². The van der Waals surface area contributed by atoms with Gasteiger partial charge >= 0.3 is 0 Å². The largest absolute Gasteiger partial charge is 0.496 e. The number of halogens is 1. The van der Waals surface area contributed by atoms with Crippen LogP contribution in [-0.2, 0) is 6.54 Å². The lowest BCUT2D eigenvalue weighted by atomic mass is 10.1. The van der Waals surface area contributed by atoms with E-state index in [-0.39, 0.29) is 0 Å². The fourth-order valence-corrected chi connectivity index (χ4v) is 2.05. The van der Waals surface area contributed by atoms with Crippen molar-refractivity contribution in [3.05, 3.63) is 47.0 Å². The maximum Gasteiger partial charge on any atom is 0.142 e. The Balaban J connectivity index is 2.42. The fourth-order valence-electron chi connectivity index (χ4n) is 1.89. The van der Waals surface area contributed by atoms with E-state index in [9.17, 15) is 5.11 Å². The molecule has 2 rings (SSSR count). The predicted molar refractivity (Wildman–Crippen MR) is 70.0 cm³/mol. The molecule has 2 aromatic rings. The number of rotatable bonds is 4. The van der Waals surface area contributed by atoms with Crippen molar-refractivity contribution < 1.29 is 9.84 Å². The first-order valence-corrected chi connectivity index (χ1v) is 6.07. The number of benzene rings is 1. The lowest BCUT2D eigenvalue weighted by Crippen LogP contribution is -2.10. The zero-order chi connectivity index (χ0) is 13.1. The number of imidazole rings is 1. The van der Waals surface area contributed by atoms with E-state index in [0.717, 1.165) is 6.54 Å². The van der Waals surface area contributed by atoms with Gasteiger partial charge in [-0.3, -0.25) is 0 Å². The highest BCUT2D eigenvalue weighted by Gasteiger charge is 2.19. The molecule has 1 heterocycles. The Morgan fingerprint density at radius 2 is 2.28 bits per heavy atom. The molecule has 0 saturated carbocycles. The number of aliphatic hydroxyl groups is 1. The molecule has 96 valence electrons. The van der Waals surface area contributed by atoms with Gasteiger partial charge in [-0.25, -0.2) is 4.98 Å². The lowest BCUT2D eigenvalue weighted by molar-refractivity contribution is 0.200. The summed E-state index contributed by atoms with van der Waals surface area (Å²) in [6, 6.07) is 5.15. The number of hydrogen-bond acceptors (Lipinski definition) is 3. The Morgan fingerprint density at radius 1 is 1.50 bits per heavy atom. The van der Waals surface area contributed by atoms with Crippen molar-refractivity contribution in [1.82, 2.24) is 9.55 Å². The minimum Gasteiger partial charge on any atom is -0.496 e. The molecule has 1 aromatic heterocycles. The van der Waals surface area contributed by atoms with Crippen molar-refractivity contribution in [3.63, 3.8) is 0 Å². The molecule has 0 aliphatic carbocycles. The number of aliphatic hydroxyl groups excluding tert-OH is 1. The summed E-state index contributed by atoms with van der Waals surface area (Å²) in [5.41, 5.74) is 0.655. The molecule has 0 fully saturated rings. The van der Waals surface area contributed by atoms with Gasteiger partial charge in [0.2, 0.25) is 0 Å². The molecule has 0 amide bonds. The molecule has 1 unspecified atom stereocenters. The summed E-state index contributed by atoms with van der Waals surface area (Å²) in [6.45, 7) is 2.75. The number of aryl methyl sites for hydroxylation is 1. The third kappa shape index (κ3) is 2.35. The summed E-state index contributed by atoms with van der Waals surface area (Å²) < 4.78 is 7.12. The van der Waals surface area contributed by atoms with Crippen LogP contribution in [0.1, 0.15) is 24.4 Å². The van der Waals surface area contributed by atoms with Crippen LogP contribution in [-0.4, -0.2) is 21.8 Å². The van der Waals surface area contributed by atoms with Crippen molar-refractivity contribution in [2.75, 3.05) is 7.11 Å². The summed E-state index contributed by atoms with van der Waals surface area (Å²) in [4.78, 5) is 4.19. The van der Waals surface area contributed by atoms with E-state index in [1.807, 2.05) is 17.7 Å². The van der Waals surface area contributed by atoms with Crippen molar-refractivity contribution >= 4 is 11.6 Å². The van der Waals surface area contributed by atoms with Gasteiger partial charge in [-0.05, 0) is 19.1 Å². The van der Waals surface area contributed by atoms with Gasteiger partial charge in [0.1, 0.15) is 17.7 Å². The maximum atomic E-state index is 10.4. The van der Waals surface area contributed by atoms with Crippen LogP contribution in [0, 0.1) is 0 Å². The highest BCUT2D eigenvalue weighted by molar-refractivity contribution is 6.30. The average molecular weight is 267 g/mol. The van der Waals surface area contributed by atoms with E-state index >= 15 is 0 Å². The Morgan fingerprint density at radius 3 is 2.94 bits per heavy atom. The van der Waals surface area contributed by atoms with Gasteiger partial charge in [-0.2, -0.15) is 0 Å².